The van der Waals surface area contributed by atoms with E-state index in [0.29, 0.717) is 17.5 Å². The van der Waals surface area contributed by atoms with Crippen molar-refractivity contribution in [2.24, 2.45) is 0 Å². The fraction of sp³-hybridized carbons (Fsp3) is 0. The van der Waals surface area contributed by atoms with Crippen molar-refractivity contribution in [2.75, 3.05) is 0 Å². The number of nitrogens with zero attached hydrogens (tertiary/aromatic N) is 4. The molecule has 0 fully saturated rings. The second kappa shape index (κ2) is 11.4. The van der Waals surface area contributed by atoms with E-state index in [2.05, 4.69) is 102 Å². The van der Waals surface area contributed by atoms with Crippen LogP contribution in [0.25, 0.3) is 94.7 Å². The van der Waals surface area contributed by atoms with E-state index in [4.69, 9.17) is 19.4 Å². The van der Waals surface area contributed by atoms with E-state index in [1.807, 2.05) is 72.8 Å². The molecular weight excluding hydrogens is 613 g/mol. The first-order chi connectivity index (χ1) is 24.8. The third kappa shape index (κ3) is 4.52. The molecule has 0 saturated carbocycles. The number of hydrogen-bond donors (Lipinski definition) is 0. The Kier molecular flexibility index (Phi) is 6.42. The molecule has 0 atom stereocenters. The van der Waals surface area contributed by atoms with E-state index in [-0.39, 0.29) is 0 Å². The Labute approximate surface area is 287 Å². The van der Waals surface area contributed by atoms with Crippen molar-refractivity contribution in [2.45, 2.75) is 0 Å². The average molecular weight is 641 g/mol. The van der Waals surface area contributed by atoms with Crippen LogP contribution in [0.4, 0.5) is 0 Å². The molecule has 50 heavy (non-hydrogen) atoms. The third-order valence-electron chi connectivity index (χ3n) is 9.45. The summed E-state index contributed by atoms with van der Waals surface area (Å²) in [5.41, 5.74) is 10.0. The highest BCUT2D eigenvalue weighted by molar-refractivity contribution is 6.17. The minimum absolute atomic E-state index is 0.613. The minimum atomic E-state index is 0.613. The number of benzene rings is 7. The SMILES string of the molecule is c1ccc(-c2nc(-c3ccccc3)nc(-c3ccc4oc5c(-c6cccc7c8ccccc8n(-c8ccccc8)c67)cccc5c4c3)n2)cc1. The molecule has 0 aliphatic carbocycles. The van der Waals surface area contributed by atoms with Gasteiger partial charge in [0.15, 0.2) is 17.5 Å². The molecule has 10 rings (SSSR count). The smallest absolute Gasteiger partial charge is 0.164 e. The van der Waals surface area contributed by atoms with Gasteiger partial charge >= 0.3 is 0 Å². The fourth-order valence-electron chi connectivity index (χ4n) is 7.17. The standard InChI is InChI=1S/C45H28N4O/c1-4-14-29(15-5-1)43-46-44(30-16-6-2-7-17-30)48-45(47-43)31-26-27-40-38(28-31)37-24-13-23-36(42(37)50-40)35-22-12-21-34-33-20-10-11-25-39(33)49(41(34)35)32-18-8-3-9-19-32/h1-28H. The predicted molar refractivity (Wildman–Crippen MR) is 203 cm³/mol. The van der Waals surface area contributed by atoms with Gasteiger partial charge in [0, 0.05) is 55.0 Å². The zero-order valence-electron chi connectivity index (χ0n) is 26.9. The van der Waals surface area contributed by atoms with Crippen molar-refractivity contribution in [1.82, 2.24) is 19.5 Å². The number of rotatable bonds is 5. The first-order valence-corrected chi connectivity index (χ1v) is 16.7. The molecular formula is C45H28N4O. The van der Waals surface area contributed by atoms with Crippen LogP contribution in [0.2, 0.25) is 0 Å². The predicted octanol–water partition coefficient (Wildman–Crippen LogP) is 11.5. The highest BCUT2D eigenvalue weighted by atomic mass is 16.3. The van der Waals surface area contributed by atoms with Gasteiger partial charge in [0.1, 0.15) is 11.2 Å². The molecule has 3 heterocycles. The van der Waals surface area contributed by atoms with E-state index in [0.717, 1.165) is 61.0 Å². The first-order valence-electron chi connectivity index (χ1n) is 16.7. The van der Waals surface area contributed by atoms with Gasteiger partial charge in [-0.3, -0.25) is 0 Å². The summed E-state index contributed by atoms with van der Waals surface area (Å²) in [4.78, 5) is 14.8. The van der Waals surface area contributed by atoms with Gasteiger partial charge in [0.05, 0.1) is 11.0 Å². The van der Waals surface area contributed by atoms with Gasteiger partial charge in [-0.05, 0) is 36.4 Å². The van der Waals surface area contributed by atoms with E-state index >= 15 is 0 Å². The summed E-state index contributed by atoms with van der Waals surface area (Å²) >= 11 is 0. The Morgan fingerprint density at radius 1 is 0.400 bits per heavy atom. The molecule has 3 aromatic heterocycles. The Morgan fingerprint density at radius 2 is 0.960 bits per heavy atom. The van der Waals surface area contributed by atoms with E-state index < -0.39 is 0 Å². The Balaban J connectivity index is 1.18. The molecule has 5 nitrogen and oxygen atoms in total. The Morgan fingerprint density at radius 3 is 1.66 bits per heavy atom. The molecule has 234 valence electrons. The maximum atomic E-state index is 6.72. The Hall–Kier alpha value is -6.85. The van der Waals surface area contributed by atoms with Gasteiger partial charge in [-0.15, -0.1) is 0 Å². The molecule has 0 aliphatic rings. The summed E-state index contributed by atoms with van der Waals surface area (Å²) in [5.74, 6) is 1.88. The molecule has 0 aliphatic heterocycles. The normalized spacial score (nSPS) is 11.6. The lowest BCUT2D eigenvalue weighted by atomic mass is 9.99. The molecule has 7 aromatic carbocycles. The van der Waals surface area contributed by atoms with Crippen LogP contribution >= 0.6 is 0 Å². The maximum Gasteiger partial charge on any atom is 0.164 e. The third-order valence-corrected chi connectivity index (χ3v) is 9.45. The molecule has 0 unspecified atom stereocenters. The maximum absolute atomic E-state index is 6.72. The molecule has 0 saturated heterocycles. The number of hydrogen-bond acceptors (Lipinski definition) is 4. The van der Waals surface area contributed by atoms with Crippen LogP contribution in [0.3, 0.4) is 0 Å². The monoisotopic (exact) mass is 640 g/mol. The largest absolute Gasteiger partial charge is 0.455 e. The zero-order chi connectivity index (χ0) is 33.0. The highest BCUT2D eigenvalue weighted by Gasteiger charge is 2.20. The van der Waals surface area contributed by atoms with Crippen LogP contribution in [-0.2, 0) is 0 Å². The van der Waals surface area contributed by atoms with Crippen LogP contribution in [0.15, 0.2) is 174 Å². The van der Waals surface area contributed by atoms with Crippen LogP contribution in [0, 0.1) is 0 Å². The van der Waals surface area contributed by atoms with Crippen molar-refractivity contribution in [3.05, 3.63) is 170 Å². The van der Waals surface area contributed by atoms with E-state index in [9.17, 15) is 0 Å². The minimum Gasteiger partial charge on any atom is -0.455 e. The van der Waals surface area contributed by atoms with E-state index in [1.165, 1.54) is 16.3 Å². The molecule has 0 radical (unpaired) electrons. The second-order valence-electron chi connectivity index (χ2n) is 12.4. The lowest BCUT2D eigenvalue weighted by molar-refractivity contribution is 0.670. The average Bonchev–Trinajstić information content (AvgIpc) is 3.74. The first kappa shape index (κ1) is 28.2. The lowest BCUT2D eigenvalue weighted by Gasteiger charge is -2.12. The van der Waals surface area contributed by atoms with Gasteiger partial charge in [-0.2, -0.15) is 0 Å². The number of fused-ring (bicyclic) bond motifs is 6. The van der Waals surface area contributed by atoms with Crippen LogP contribution in [0.1, 0.15) is 0 Å². The van der Waals surface area contributed by atoms with E-state index in [1.54, 1.807) is 0 Å². The van der Waals surface area contributed by atoms with Crippen molar-refractivity contribution in [3.63, 3.8) is 0 Å². The van der Waals surface area contributed by atoms with Gasteiger partial charge in [-0.25, -0.2) is 15.0 Å². The van der Waals surface area contributed by atoms with Crippen molar-refractivity contribution in [1.29, 1.82) is 0 Å². The molecule has 0 spiro atoms. The van der Waals surface area contributed by atoms with Crippen molar-refractivity contribution >= 4 is 43.7 Å². The lowest BCUT2D eigenvalue weighted by Crippen LogP contribution is -2.00. The fourth-order valence-corrected chi connectivity index (χ4v) is 7.17. The molecule has 0 amide bonds. The summed E-state index contributed by atoms with van der Waals surface area (Å²) < 4.78 is 9.09. The summed E-state index contributed by atoms with van der Waals surface area (Å²) in [6.45, 7) is 0. The van der Waals surface area contributed by atoms with Crippen LogP contribution < -0.4 is 0 Å². The van der Waals surface area contributed by atoms with Gasteiger partial charge in [-0.1, -0.05) is 133 Å². The van der Waals surface area contributed by atoms with Crippen LogP contribution in [0.5, 0.6) is 0 Å². The number of furan rings is 1. The number of para-hydroxylation sites is 4. The summed E-state index contributed by atoms with van der Waals surface area (Å²) in [6.07, 6.45) is 0. The van der Waals surface area contributed by atoms with Gasteiger partial charge < -0.3 is 8.98 Å². The Bertz CT molecular complexity index is 2800. The van der Waals surface area contributed by atoms with Crippen molar-refractivity contribution < 1.29 is 4.42 Å². The zero-order valence-corrected chi connectivity index (χ0v) is 26.9. The summed E-state index contributed by atoms with van der Waals surface area (Å²) in [6, 6.07) is 58.5. The summed E-state index contributed by atoms with van der Waals surface area (Å²) in [7, 11) is 0. The topological polar surface area (TPSA) is 56.7 Å². The second-order valence-corrected chi connectivity index (χ2v) is 12.4. The molecule has 5 heteroatoms. The molecule has 0 N–H and O–H groups in total. The summed E-state index contributed by atoms with van der Waals surface area (Å²) in [5, 5.41) is 4.48. The highest BCUT2D eigenvalue weighted by Crippen LogP contribution is 2.42. The molecule has 0 bridgehead atoms. The number of aromatic nitrogens is 4. The molecule has 10 aromatic rings. The quantitative estimate of drug-likeness (QED) is 0.188. The van der Waals surface area contributed by atoms with Gasteiger partial charge in [0.2, 0.25) is 0 Å². The van der Waals surface area contributed by atoms with Crippen molar-refractivity contribution in [3.8, 4) is 51.0 Å². The van der Waals surface area contributed by atoms with Gasteiger partial charge in [0.25, 0.3) is 0 Å². The van der Waals surface area contributed by atoms with Crippen LogP contribution in [-0.4, -0.2) is 19.5 Å².